The van der Waals surface area contributed by atoms with Gasteiger partial charge in [-0.05, 0) is 90.3 Å². The number of aromatic nitrogens is 2. The number of pyridine rings is 2. The van der Waals surface area contributed by atoms with E-state index in [-0.39, 0.29) is 11.3 Å². The zero-order valence-corrected chi connectivity index (χ0v) is 28.3. The van der Waals surface area contributed by atoms with Crippen LogP contribution in [0.1, 0.15) is 40.7 Å². The van der Waals surface area contributed by atoms with Gasteiger partial charge in [-0.1, -0.05) is 153 Å². The van der Waals surface area contributed by atoms with E-state index in [1.54, 1.807) is 0 Å². The number of benzene rings is 6. The van der Waals surface area contributed by atoms with Gasteiger partial charge in [-0.15, -0.1) is 0 Å². The molecule has 0 amide bonds. The predicted molar refractivity (Wildman–Crippen MR) is 212 cm³/mol. The van der Waals surface area contributed by atoms with Crippen molar-refractivity contribution in [2.24, 2.45) is 5.41 Å². The van der Waals surface area contributed by atoms with Crippen molar-refractivity contribution in [1.82, 2.24) is 9.97 Å². The van der Waals surface area contributed by atoms with Gasteiger partial charge in [-0.3, -0.25) is 9.97 Å². The Balaban J connectivity index is 1.15. The number of rotatable bonds is 4. The van der Waals surface area contributed by atoms with Crippen LogP contribution in [-0.2, 0) is 0 Å². The van der Waals surface area contributed by atoms with Crippen LogP contribution in [0.4, 0.5) is 0 Å². The van der Waals surface area contributed by atoms with Crippen LogP contribution in [0.2, 0.25) is 0 Å². The number of hydrogen-bond acceptors (Lipinski definition) is 2. The highest BCUT2D eigenvalue weighted by Gasteiger charge is 2.45. The minimum atomic E-state index is -0.344. The minimum Gasteiger partial charge on any atom is -0.256 e. The summed E-state index contributed by atoms with van der Waals surface area (Å²) in [6.45, 7) is 2.44. The fourth-order valence-corrected chi connectivity index (χ4v) is 8.53. The molecule has 6 aromatic carbocycles. The Bertz CT molecular complexity index is 2770. The summed E-state index contributed by atoms with van der Waals surface area (Å²) in [5.41, 5.74) is 12.7. The summed E-state index contributed by atoms with van der Waals surface area (Å²) in [6.07, 6.45) is 11.1. The molecule has 8 aromatic rings. The molecule has 0 N–H and O–H groups in total. The van der Waals surface area contributed by atoms with Gasteiger partial charge in [0, 0.05) is 34.7 Å². The molecule has 10 rings (SSSR count). The van der Waals surface area contributed by atoms with E-state index in [0.717, 1.165) is 27.7 Å². The standard InChI is InChI=1S/C49H34N2/c1-49-29-39(40-23-25-46(50-30-40)41-28-36-14-6-9-17-45(36)51-31-41)22-24-44(49)47(37-20-18-32-10-2-4-12-34(32)26-37)42-15-7-8-16-43(42)48(49)38-21-19-33-11-3-5-13-35(33)27-38/h2-31,48H,1H3. The van der Waals surface area contributed by atoms with Crippen molar-refractivity contribution in [3.8, 4) is 11.3 Å². The summed E-state index contributed by atoms with van der Waals surface area (Å²) in [4.78, 5) is 9.65. The van der Waals surface area contributed by atoms with Crippen LogP contribution in [0.3, 0.4) is 0 Å². The minimum absolute atomic E-state index is 0.105. The van der Waals surface area contributed by atoms with Gasteiger partial charge < -0.3 is 0 Å². The number of hydrogen-bond donors (Lipinski definition) is 0. The highest BCUT2D eigenvalue weighted by Crippen LogP contribution is 2.58. The third-order valence-corrected chi connectivity index (χ3v) is 11.0. The van der Waals surface area contributed by atoms with Gasteiger partial charge in [-0.2, -0.15) is 0 Å². The highest BCUT2D eigenvalue weighted by atomic mass is 14.7. The van der Waals surface area contributed by atoms with E-state index in [9.17, 15) is 0 Å². The molecule has 2 heterocycles. The van der Waals surface area contributed by atoms with Gasteiger partial charge in [0.25, 0.3) is 0 Å². The predicted octanol–water partition coefficient (Wildman–Crippen LogP) is 12.2. The number of nitrogens with zero attached hydrogens (tertiary/aromatic N) is 2. The third kappa shape index (κ3) is 4.87. The topological polar surface area (TPSA) is 25.8 Å². The van der Waals surface area contributed by atoms with Crippen LogP contribution in [0, 0.1) is 5.41 Å². The zero-order valence-electron chi connectivity index (χ0n) is 28.3. The number of para-hydroxylation sites is 1. The Kier molecular flexibility index (Phi) is 6.72. The molecule has 0 saturated carbocycles. The second kappa shape index (κ2) is 11.6. The van der Waals surface area contributed by atoms with E-state index < -0.39 is 0 Å². The maximum absolute atomic E-state index is 4.97. The van der Waals surface area contributed by atoms with Gasteiger partial charge in [0.05, 0.1) is 11.2 Å². The Morgan fingerprint density at radius 2 is 1.16 bits per heavy atom. The van der Waals surface area contributed by atoms with Crippen molar-refractivity contribution in [3.63, 3.8) is 0 Å². The molecule has 2 unspecified atom stereocenters. The van der Waals surface area contributed by atoms with Gasteiger partial charge in [0.1, 0.15) is 0 Å². The molecule has 2 aliphatic carbocycles. The van der Waals surface area contributed by atoms with Crippen molar-refractivity contribution in [2.45, 2.75) is 12.8 Å². The molecule has 0 radical (unpaired) electrons. The Labute approximate surface area is 297 Å². The lowest BCUT2D eigenvalue weighted by Crippen LogP contribution is -2.33. The molecule has 240 valence electrons. The third-order valence-electron chi connectivity index (χ3n) is 11.0. The Morgan fingerprint density at radius 3 is 1.96 bits per heavy atom. The van der Waals surface area contributed by atoms with Gasteiger partial charge >= 0.3 is 0 Å². The monoisotopic (exact) mass is 650 g/mol. The first kappa shape index (κ1) is 29.5. The van der Waals surface area contributed by atoms with Crippen molar-refractivity contribution < 1.29 is 0 Å². The smallest absolute Gasteiger partial charge is 0.0718 e. The average Bonchev–Trinajstić information content (AvgIpc) is 3.19. The van der Waals surface area contributed by atoms with Crippen LogP contribution in [0.25, 0.3) is 54.9 Å². The SMILES string of the molecule is CC12C=C(c3ccc(-c4cnc5ccccc5c4)nc3)C=CC1=C(c1ccc3ccccc3c1)c1ccccc1C2c1ccc2ccccc2c1. The molecule has 0 fully saturated rings. The summed E-state index contributed by atoms with van der Waals surface area (Å²) in [5, 5.41) is 6.15. The first-order valence-corrected chi connectivity index (χ1v) is 17.7. The van der Waals surface area contributed by atoms with Crippen molar-refractivity contribution in [2.75, 3.05) is 0 Å². The quantitative estimate of drug-likeness (QED) is 0.189. The average molecular weight is 651 g/mol. The Morgan fingerprint density at radius 1 is 0.510 bits per heavy atom. The van der Waals surface area contributed by atoms with Gasteiger partial charge in [-0.25, -0.2) is 0 Å². The van der Waals surface area contributed by atoms with E-state index in [1.165, 1.54) is 60.5 Å². The van der Waals surface area contributed by atoms with Crippen LogP contribution in [-0.4, -0.2) is 9.97 Å². The maximum Gasteiger partial charge on any atom is 0.0718 e. The highest BCUT2D eigenvalue weighted by molar-refractivity contribution is 5.96. The van der Waals surface area contributed by atoms with Gasteiger partial charge in [0.15, 0.2) is 0 Å². The normalized spacial score (nSPS) is 18.1. The largest absolute Gasteiger partial charge is 0.256 e. The zero-order chi connectivity index (χ0) is 33.9. The molecule has 2 aromatic heterocycles. The molecule has 51 heavy (non-hydrogen) atoms. The van der Waals surface area contributed by atoms with Crippen LogP contribution in [0.15, 0.2) is 188 Å². The van der Waals surface area contributed by atoms with E-state index >= 15 is 0 Å². The lowest BCUT2D eigenvalue weighted by atomic mass is 9.57. The van der Waals surface area contributed by atoms with E-state index in [0.29, 0.717) is 0 Å². The fourth-order valence-electron chi connectivity index (χ4n) is 8.53. The fraction of sp³-hybridized carbons (Fsp3) is 0.0612. The van der Waals surface area contributed by atoms with Crippen molar-refractivity contribution >= 4 is 43.6 Å². The molecule has 0 saturated heterocycles. The Hall–Kier alpha value is -6.38. The molecule has 0 bridgehead atoms. The summed E-state index contributed by atoms with van der Waals surface area (Å²) in [7, 11) is 0. The maximum atomic E-state index is 4.97. The lowest BCUT2D eigenvalue weighted by molar-refractivity contribution is 0.450. The van der Waals surface area contributed by atoms with E-state index in [4.69, 9.17) is 4.98 Å². The second-order valence-electron chi connectivity index (χ2n) is 14.0. The molecule has 2 atom stereocenters. The molecular weight excluding hydrogens is 617 g/mol. The molecule has 0 aliphatic heterocycles. The number of allylic oxidation sites excluding steroid dienone is 5. The number of fused-ring (bicyclic) bond motifs is 5. The molecular formula is C49H34N2. The first-order chi connectivity index (χ1) is 25.1. The van der Waals surface area contributed by atoms with Gasteiger partial charge in [0.2, 0.25) is 0 Å². The van der Waals surface area contributed by atoms with Crippen LogP contribution in [0.5, 0.6) is 0 Å². The molecule has 2 heteroatoms. The van der Waals surface area contributed by atoms with Crippen LogP contribution < -0.4 is 0 Å². The second-order valence-corrected chi connectivity index (χ2v) is 14.0. The van der Waals surface area contributed by atoms with E-state index in [2.05, 4.69) is 170 Å². The van der Waals surface area contributed by atoms with E-state index in [1.807, 2.05) is 24.5 Å². The van der Waals surface area contributed by atoms with Crippen molar-refractivity contribution in [1.29, 1.82) is 0 Å². The molecule has 2 aliphatic rings. The van der Waals surface area contributed by atoms with Crippen LogP contribution >= 0.6 is 0 Å². The van der Waals surface area contributed by atoms with Crippen molar-refractivity contribution in [3.05, 3.63) is 216 Å². The molecule has 0 spiro atoms. The molecule has 2 nitrogen and oxygen atoms in total. The lowest BCUT2D eigenvalue weighted by Gasteiger charge is -2.45. The summed E-state index contributed by atoms with van der Waals surface area (Å²) < 4.78 is 0. The summed E-state index contributed by atoms with van der Waals surface area (Å²) in [5.74, 6) is 0.105. The summed E-state index contributed by atoms with van der Waals surface area (Å²) in [6, 6.07) is 55.1. The summed E-state index contributed by atoms with van der Waals surface area (Å²) >= 11 is 0. The first-order valence-electron chi connectivity index (χ1n) is 17.7.